The summed E-state index contributed by atoms with van der Waals surface area (Å²) in [4.78, 5) is 0. The summed E-state index contributed by atoms with van der Waals surface area (Å²) in [5.41, 5.74) is 0. The molecule has 0 aliphatic rings. The van der Waals surface area contributed by atoms with Gasteiger partial charge in [0, 0.05) is 0 Å². The van der Waals surface area contributed by atoms with Crippen molar-refractivity contribution in [3.05, 3.63) is 0 Å². The monoisotopic (exact) mass is 176 g/mol. The van der Waals surface area contributed by atoms with Crippen molar-refractivity contribution in [2.24, 2.45) is 0 Å². The molecule has 0 aliphatic heterocycles. The summed E-state index contributed by atoms with van der Waals surface area (Å²) in [6, 6.07) is 0. The summed E-state index contributed by atoms with van der Waals surface area (Å²) in [6.07, 6.45) is 1.11. The fraction of sp³-hybridized carbons (Fsp3) is 0.714. The van der Waals surface area contributed by atoms with E-state index in [2.05, 4.69) is 16.0 Å². The van der Waals surface area contributed by atoms with Crippen molar-refractivity contribution in [3.63, 3.8) is 0 Å². The summed E-state index contributed by atoms with van der Waals surface area (Å²) in [5.74, 6) is 5.24. The summed E-state index contributed by atoms with van der Waals surface area (Å²) >= 11 is 0. The molecule has 64 valence electrons. The van der Waals surface area contributed by atoms with Gasteiger partial charge >= 0.3 is 0 Å². The second-order valence-electron chi connectivity index (χ2n) is 2.09. The van der Waals surface area contributed by atoms with Crippen LogP contribution in [0, 0.1) is 11.8 Å². The normalized spacial score (nSPS) is 13.4. The zero-order valence-electron chi connectivity index (χ0n) is 6.92. The van der Waals surface area contributed by atoms with Gasteiger partial charge in [0.05, 0.1) is 6.26 Å². The Morgan fingerprint density at radius 3 is 2.36 bits per heavy atom. The molecule has 0 spiro atoms. The van der Waals surface area contributed by atoms with Gasteiger partial charge in [-0.1, -0.05) is 12.8 Å². The molecule has 0 N–H and O–H groups in total. The van der Waals surface area contributed by atoms with E-state index >= 15 is 0 Å². The van der Waals surface area contributed by atoms with Crippen LogP contribution < -0.4 is 0 Å². The van der Waals surface area contributed by atoms with Crippen LogP contribution in [0.2, 0.25) is 0 Å². The molecular formula is C7H12O3S. The molecule has 0 rings (SSSR count). The minimum absolute atomic E-state index is 0.491. The average Bonchev–Trinajstić information content (AvgIpc) is 1.84. The van der Waals surface area contributed by atoms with Crippen molar-refractivity contribution in [2.45, 2.75) is 26.4 Å². The second kappa shape index (κ2) is 4.37. The molecule has 3 nitrogen and oxygen atoms in total. The van der Waals surface area contributed by atoms with Crippen LogP contribution in [0.3, 0.4) is 0 Å². The highest BCUT2D eigenvalue weighted by Gasteiger charge is 2.09. The number of rotatable bonds is 3. The smallest absolute Gasteiger partial charge is 0.254 e. The molecule has 0 aromatic carbocycles. The van der Waals surface area contributed by atoms with Crippen molar-refractivity contribution in [1.29, 1.82) is 0 Å². The van der Waals surface area contributed by atoms with Crippen molar-refractivity contribution in [2.75, 3.05) is 6.26 Å². The Labute approximate surface area is 67.9 Å². The van der Waals surface area contributed by atoms with E-state index in [0.29, 0.717) is 6.42 Å². The van der Waals surface area contributed by atoms with Crippen molar-refractivity contribution >= 4 is 10.1 Å². The Bertz CT molecular complexity index is 255. The fourth-order valence-corrected chi connectivity index (χ4v) is 1.17. The topological polar surface area (TPSA) is 43.4 Å². The van der Waals surface area contributed by atoms with Crippen LogP contribution in [0.4, 0.5) is 0 Å². The predicted molar refractivity (Wildman–Crippen MR) is 43.5 cm³/mol. The molecule has 0 amide bonds. The first kappa shape index (κ1) is 10.5. The van der Waals surface area contributed by atoms with E-state index in [-0.39, 0.29) is 0 Å². The van der Waals surface area contributed by atoms with E-state index in [4.69, 9.17) is 0 Å². The zero-order chi connectivity index (χ0) is 8.91. The van der Waals surface area contributed by atoms with Gasteiger partial charge in [-0.2, -0.15) is 8.42 Å². The van der Waals surface area contributed by atoms with Crippen LogP contribution >= 0.6 is 0 Å². The third kappa shape index (κ3) is 5.89. The van der Waals surface area contributed by atoms with Crippen LogP contribution in [0.15, 0.2) is 0 Å². The van der Waals surface area contributed by atoms with Crippen molar-refractivity contribution in [1.82, 2.24) is 0 Å². The summed E-state index contributed by atoms with van der Waals surface area (Å²) in [7, 11) is -3.36. The SMILES string of the molecule is CC#C[C@H](CC)OS(C)(=O)=O. The van der Waals surface area contributed by atoms with Gasteiger partial charge in [0.2, 0.25) is 0 Å². The van der Waals surface area contributed by atoms with E-state index < -0.39 is 16.2 Å². The van der Waals surface area contributed by atoms with Crippen molar-refractivity contribution in [3.8, 4) is 11.8 Å². The molecule has 0 bridgehead atoms. The summed E-state index contributed by atoms with van der Waals surface area (Å²) < 4.78 is 25.8. The zero-order valence-corrected chi connectivity index (χ0v) is 7.73. The van der Waals surface area contributed by atoms with Gasteiger partial charge in [0.1, 0.15) is 6.10 Å². The Morgan fingerprint density at radius 1 is 1.55 bits per heavy atom. The van der Waals surface area contributed by atoms with Gasteiger partial charge in [-0.15, -0.1) is 5.92 Å². The van der Waals surface area contributed by atoms with E-state index in [1.165, 1.54) is 0 Å². The van der Waals surface area contributed by atoms with E-state index in [9.17, 15) is 8.42 Å². The second-order valence-corrected chi connectivity index (χ2v) is 3.69. The quantitative estimate of drug-likeness (QED) is 0.471. The largest absolute Gasteiger partial charge is 0.265 e. The molecular weight excluding hydrogens is 164 g/mol. The van der Waals surface area contributed by atoms with Gasteiger partial charge in [0.25, 0.3) is 10.1 Å². The standard InChI is InChI=1S/C7H12O3S/c1-4-6-7(5-2)10-11(3,8)9/h7H,5H2,1-3H3/t7-/m0/s1. The molecule has 0 heterocycles. The van der Waals surface area contributed by atoms with E-state index in [1.807, 2.05) is 6.92 Å². The lowest BCUT2D eigenvalue weighted by molar-refractivity contribution is 0.263. The molecule has 11 heavy (non-hydrogen) atoms. The Morgan fingerprint density at radius 2 is 2.09 bits per heavy atom. The highest BCUT2D eigenvalue weighted by Crippen LogP contribution is 2.00. The van der Waals surface area contributed by atoms with Crippen molar-refractivity contribution < 1.29 is 12.6 Å². The molecule has 0 aliphatic carbocycles. The highest BCUT2D eigenvalue weighted by atomic mass is 32.2. The lowest BCUT2D eigenvalue weighted by Crippen LogP contribution is -2.14. The molecule has 0 aromatic rings. The maximum absolute atomic E-state index is 10.6. The minimum atomic E-state index is -3.36. The number of hydrogen-bond acceptors (Lipinski definition) is 3. The van der Waals surface area contributed by atoms with Crippen LogP contribution in [-0.4, -0.2) is 20.8 Å². The van der Waals surface area contributed by atoms with Gasteiger partial charge in [-0.25, -0.2) is 0 Å². The lowest BCUT2D eigenvalue weighted by Gasteiger charge is -2.05. The molecule has 0 radical (unpaired) electrons. The third-order valence-electron chi connectivity index (χ3n) is 0.967. The molecule has 4 heteroatoms. The molecule has 1 atom stereocenters. The van der Waals surface area contributed by atoms with Crippen LogP contribution in [-0.2, 0) is 14.3 Å². The van der Waals surface area contributed by atoms with Crippen LogP contribution in [0.1, 0.15) is 20.3 Å². The molecule has 0 unspecified atom stereocenters. The van der Waals surface area contributed by atoms with Gasteiger partial charge in [0.15, 0.2) is 0 Å². The first-order valence-electron chi connectivity index (χ1n) is 3.30. The lowest BCUT2D eigenvalue weighted by atomic mass is 10.3. The van der Waals surface area contributed by atoms with Gasteiger partial charge < -0.3 is 0 Å². The minimum Gasteiger partial charge on any atom is -0.254 e. The first-order valence-corrected chi connectivity index (χ1v) is 5.11. The predicted octanol–water partition coefficient (Wildman–Crippen LogP) is 0.765. The van der Waals surface area contributed by atoms with Crippen LogP contribution in [0.5, 0.6) is 0 Å². The molecule has 0 fully saturated rings. The van der Waals surface area contributed by atoms with E-state index in [1.54, 1.807) is 6.92 Å². The van der Waals surface area contributed by atoms with E-state index in [0.717, 1.165) is 6.26 Å². The third-order valence-corrected chi connectivity index (χ3v) is 1.55. The van der Waals surface area contributed by atoms with Crippen LogP contribution in [0.25, 0.3) is 0 Å². The molecule has 0 aromatic heterocycles. The Hall–Kier alpha value is -0.530. The molecule has 0 saturated carbocycles. The fourth-order valence-electron chi connectivity index (χ4n) is 0.566. The Balaban J connectivity index is 4.18. The summed E-state index contributed by atoms with van der Waals surface area (Å²) in [5, 5.41) is 0. The van der Waals surface area contributed by atoms with Gasteiger partial charge in [-0.3, -0.25) is 4.18 Å². The maximum atomic E-state index is 10.6. The maximum Gasteiger partial charge on any atom is 0.265 e. The molecule has 0 saturated heterocycles. The Kier molecular flexibility index (Phi) is 4.16. The number of hydrogen-bond donors (Lipinski definition) is 0. The average molecular weight is 176 g/mol. The highest BCUT2D eigenvalue weighted by molar-refractivity contribution is 7.86. The summed E-state index contributed by atoms with van der Waals surface area (Å²) in [6.45, 7) is 3.47. The first-order chi connectivity index (χ1) is 4.99. The van der Waals surface area contributed by atoms with Gasteiger partial charge in [-0.05, 0) is 13.3 Å².